The molecular formula is C9H8ClF3N4O2. The van der Waals surface area contributed by atoms with Crippen LogP contribution in [-0.4, -0.2) is 27.8 Å². The number of halogens is 4. The fraction of sp³-hybridized carbons (Fsp3) is 0.444. The highest BCUT2D eigenvalue weighted by molar-refractivity contribution is 6.30. The van der Waals surface area contributed by atoms with E-state index in [4.69, 9.17) is 17.1 Å². The van der Waals surface area contributed by atoms with Crippen molar-refractivity contribution in [1.29, 1.82) is 0 Å². The van der Waals surface area contributed by atoms with Crippen molar-refractivity contribution < 1.29 is 23.4 Å². The van der Waals surface area contributed by atoms with Crippen LogP contribution in [0.3, 0.4) is 0 Å². The fourth-order valence-corrected chi connectivity index (χ4v) is 1.47. The smallest absolute Gasteiger partial charge is 0.390 e. The predicted octanol–water partition coefficient (Wildman–Crippen LogP) is 2.46. The number of aliphatic hydroxyl groups excluding tert-OH is 2. The minimum absolute atomic E-state index is 0.375. The number of aromatic nitrogens is 1. The second-order valence-electron chi connectivity index (χ2n) is 3.53. The summed E-state index contributed by atoms with van der Waals surface area (Å²) >= 11 is 5.57. The molecule has 0 aliphatic carbocycles. The quantitative estimate of drug-likeness (QED) is 0.386. The number of alkyl halides is 3. The number of pyridine rings is 1. The Hall–Kier alpha value is -1.54. The Morgan fingerprint density at radius 3 is 2.63 bits per heavy atom. The topological polar surface area (TPSA) is 102 Å². The number of azide groups is 1. The summed E-state index contributed by atoms with van der Waals surface area (Å²) in [6.07, 6.45) is -7.47. The number of hydrogen-bond donors (Lipinski definition) is 2. The molecule has 0 aromatic carbocycles. The fourth-order valence-electron chi connectivity index (χ4n) is 1.25. The average Bonchev–Trinajstić information content (AvgIpc) is 2.34. The standard InChI is InChI=1S/C9H8ClF3N4O2/c10-8-5(7(19)6(18)3-16-17-14)1-4(2-15-8)9(11,12)13/h1-2,6-7,18-19H,3H2. The lowest BCUT2D eigenvalue weighted by atomic mass is 10.0. The highest BCUT2D eigenvalue weighted by Crippen LogP contribution is 2.33. The number of nitrogens with zero attached hydrogens (tertiary/aromatic N) is 4. The van der Waals surface area contributed by atoms with Crippen LogP contribution in [0.5, 0.6) is 0 Å². The van der Waals surface area contributed by atoms with Crippen LogP contribution in [0.15, 0.2) is 17.4 Å². The van der Waals surface area contributed by atoms with Gasteiger partial charge in [0.15, 0.2) is 0 Å². The SMILES string of the molecule is [N-]=[N+]=NCC(O)C(O)c1cc(C(F)(F)F)cnc1Cl. The predicted molar refractivity (Wildman–Crippen MR) is 59.2 cm³/mol. The summed E-state index contributed by atoms with van der Waals surface area (Å²) in [5, 5.41) is 21.7. The van der Waals surface area contributed by atoms with Crippen molar-refractivity contribution in [2.45, 2.75) is 18.4 Å². The molecule has 19 heavy (non-hydrogen) atoms. The largest absolute Gasteiger partial charge is 0.417 e. The lowest BCUT2D eigenvalue weighted by Crippen LogP contribution is -2.22. The van der Waals surface area contributed by atoms with Gasteiger partial charge in [0.25, 0.3) is 0 Å². The molecule has 0 radical (unpaired) electrons. The van der Waals surface area contributed by atoms with Gasteiger partial charge in [0.2, 0.25) is 0 Å². The van der Waals surface area contributed by atoms with Crippen LogP contribution in [-0.2, 0) is 6.18 Å². The first kappa shape index (κ1) is 15.5. The van der Waals surface area contributed by atoms with Gasteiger partial charge in [-0.25, -0.2) is 4.98 Å². The summed E-state index contributed by atoms with van der Waals surface area (Å²) in [5.41, 5.74) is 6.55. The second kappa shape index (κ2) is 6.07. The molecule has 0 amide bonds. The van der Waals surface area contributed by atoms with Gasteiger partial charge in [0.05, 0.1) is 18.2 Å². The first-order chi connectivity index (χ1) is 8.77. The van der Waals surface area contributed by atoms with Crippen molar-refractivity contribution in [2.75, 3.05) is 6.54 Å². The molecule has 0 saturated carbocycles. The normalized spacial score (nSPS) is 14.6. The van der Waals surface area contributed by atoms with Gasteiger partial charge in [0, 0.05) is 16.7 Å². The van der Waals surface area contributed by atoms with E-state index in [0.29, 0.717) is 12.3 Å². The van der Waals surface area contributed by atoms with E-state index in [1.54, 1.807) is 0 Å². The van der Waals surface area contributed by atoms with E-state index in [1.807, 2.05) is 0 Å². The average molecular weight is 297 g/mol. The van der Waals surface area contributed by atoms with Gasteiger partial charge in [-0.15, -0.1) is 0 Å². The molecule has 2 N–H and O–H groups in total. The molecular weight excluding hydrogens is 289 g/mol. The summed E-state index contributed by atoms with van der Waals surface area (Å²) in [7, 11) is 0. The van der Waals surface area contributed by atoms with Gasteiger partial charge in [-0.2, -0.15) is 13.2 Å². The van der Waals surface area contributed by atoms with Gasteiger partial charge < -0.3 is 10.2 Å². The van der Waals surface area contributed by atoms with Crippen molar-refractivity contribution >= 4 is 11.6 Å². The summed E-state index contributed by atoms with van der Waals surface area (Å²) in [6, 6.07) is 0.583. The van der Waals surface area contributed by atoms with Crippen LogP contribution >= 0.6 is 11.6 Å². The van der Waals surface area contributed by atoms with Crippen molar-refractivity contribution in [1.82, 2.24) is 4.98 Å². The van der Waals surface area contributed by atoms with Crippen LogP contribution in [0, 0.1) is 0 Å². The molecule has 6 nitrogen and oxygen atoms in total. The van der Waals surface area contributed by atoms with E-state index >= 15 is 0 Å². The molecule has 104 valence electrons. The van der Waals surface area contributed by atoms with E-state index < -0.39 is 36.1 Å². The first-order valence-electron chi connectivity index (χ1n) is 4.87. The van der Waals surface area contributed by atoms with E-state index in [0.717, 1.165) is 0 Å². The Kier molecular flexibility index (Phi) is 4.96. The molecule has 1 aromatic heterocycles. The summed E-state index contributed by atoms with van der Waals surface area (Å²) in [5.74, 6) is 0. The minimum Gasteiger partial charge on any atom is -0.390 e. The minimum atomic E-state index is -4.65. The van der Waals surface area contributed by atoms with Crippen molar-refractivity contribution in [3.8, 4) is 0 Å². The Bertz CT molecular complexity index is 505. The molecule has 0 aliphatic rings. The van der Waals surface area contributed by atoms with E-state index in [-0.39, 0.29) is 5.15 Å². The summed E-state index contributed by atoms with van der Waals surface area (Å²) in [6.45, 7) is -0.510. The highest BCUT2D eigenvalue weighted by atomic mass is 35.5. The van der Waals surface area contributed by atoms with Crippen LogP contribution in [0.2, 0.25) is 5.15 Å². The highest BCUT2D eigenvalue weighted by Gasteiger charge is 2.33. The van der Waals surface area contributed by atoms with Crippen LogP contribution < -0.4 is 0 Å². The molecule has 1 rings (SSSR count). The van der Waals surface area contributed by atoms with Crippen molar-refractivity contribution in [3.63, 3.8) is 0 Å². The van der Waals surface area contributed by atoms with Crippen molar-refractivity contribution in [3.05, 3.63) is 39.0 Å². The third-order valence-electron chi connectivity index (χ3n) is 2.21. The van der Waals surface area contributed by atoms with Gasteiger partial charge in [-0.05, 0) is 11.6 Å². The third kappa shape index (κ3) is 3.97. The molecule has 1 heterocycles. The van der Waals surface area contributed by atoms with Gasteiger partial charge in [-0.3, -0.25) is 0 Å². The molecule has 0 spiro atoms. The Morgan fingerprint density at radius 1 is 1.47 bits per heavy atom. The molecule has 0 aliphatic heterocycles. The zero-order chi connectivity index (χ0) is 14.6. The second-order valence-corrected chi connectivity index (χ2v) is 3.89. The Labute approximate surface area is 110 Å². The number of rotatable bonds is 4. The molecule has 0 bridgehead atoms. The third-order valence-corrected chi connectivity index (χ3v) is 2.52. The maximum atomic E-state index is 12.5. The monoisotopic (exact) mass is 296 g/mol. The van der Waals surface area contributed by atoms with Crippen molar-refractivity contribution in [2.24, 2.45) is 5.11 Å². The summed E-state index contributed by atoms with van der Waals surface area (Å²) in [4.78, 5) is 5.66. The van der Waals surface area contributed by atoms with Gasteiger partial charge in [0.1, 0.15) is 11.3 Å². The molecule has 1 aromatic rings. The zero-order valence-electron chi connectivity index (χ0n) is 9.21. The zero-order valence-corrected chi connectivity index (χ0v) is 9.97. The van der Waals surface area contributed by atoms with E-state index in [2.05, 4.69) is 15.0 Å². The Balaban J connectivity index is 3.08. The maximum absolute atomic E-state index is 12.5. The molecule has 2 atom stereocenters. The summed E-state index contributed by atoms with van der Waals surface area (Å²) < 4.78 is 37.4. The van der Waals surface area contributed by atoms with Gasteiger partial charge in [-0.1, -0.05) is 16.7 Å². The van der Waals surface area contributed by atoms with Crippen LogP contribution in [0.25, 0.3) is 10.4 Å². The van der Waals surface area contributed by atoms with E-state index in [9.17, 15) is 23.4 Å². The molecule has 0 fully saturated rings. The first-order valence-corrected chi connectivity index (χ1v) is 5.24. The molecule has 2 unspecified atom stereocenters. The van der Waals surface area contributed by atoms with E-state index in [1.165, 1.54) is 0 Å². The number of hydrogen-bond acceptors (Lipinski definition) is 4. The molecule has 0 saturated heterocycles. The van der Waals surface area contributed by atoms with Crippen LogP contribution in [0.1, 0.15) is 17.2 Å². The van der Waals surface area contributed by atoms with Crippen LogP contribution in [0.4, 0.5) is 13.2 Å². The molecule has 10 heteroatoms. The Morgan fingerprint density at radius 2 is 2.11 bits per heavy atom. The lowest BCUT2D eigenvalue weighted by molar-refractivity contribution is -0.138. The lowest BCUT2D eigenvalue weighted by Gasteiger charge is -2.18. The number of aliphatic hydroxyl groups is 2. The maximum Gasteiger partial charge on any atom is 0.417 e. The van der Waals surface area contributed by atoms with Gasteiger partial charge >= 0.3 is 6.18 Å².